The number of nitrogens with one attached hydrogen (secondary N) is 1. The van der Waals surface area contributed by atoms with Crippen molar-refractivity contribution >= 4 is 0 Å². The zero-order valence-electron chi connectivity index (χ0n) is 11.5. The summed E-state index contributed by atoms with van der Waals surface area (Å²) in [5, 5.41) is 22.2. The summed E-state index contributed by atoms with van der Waals surface area (Å²) in [7, 11) is 0. The van der Waals surface area contributed by atoms with Crippen LogP contribution in [0.4, 0.5) is 0 Å². The molecule has 2 rings (SSSR count). The molecule has 0 spiro atoms. The molecule has 1 aromatic carbocycles. The summed E-state index contributed by atoms with van der Waals surface area (Å²) in [5.41, 5.74) is 0.829. The molecule has 1 fully saturated rings. The summed E-state index contributed by atoms with van der Waals surface area (Å²) in [5.74, 6) is -0.394. The monoisotopic (exact) mass is 267 g/mol. The summed E-state index contributed by atoms with van der Waals surface area (Å²) >= 11 is 0. The molecule has 2 atom stereocenters. The Morgan fingerprint density at radius 2 is 1.95 bits per heavy atom. The molecule has 0 aromatic heterocycles. The first-order valence-electron chi connectivity index (χ1n) is 6.44. The van der Waals surface area contributed by atoms with Gasteiger partial charge in [-0.2, -0.15) is 0 Å². The Bertz CT molecular complexity index is 427. The number of aromatic hydroxyl groups is 2. The smallest absolute Gasteiger partial charge is 0.163 e. The largest absolute Gasteiger partial charge is 0.508 e. The Morgan fingerprint density at radius 1 is 1.32 bits per heavy atom. The summed E-state index contributed by atoms with van der Waals surface area (Å²) < 4.78 is 11.2. The van der Waals surface area contributed by atoms with E-state index in [4.69, 9.17) is 9.47 Å². The molecule has 0 radical (unpaired) electrons. The van der Waals surface area contributed by atoms with Crippen LogP contribution in [0.15, 0.2) is 18.2 Å². The molecule has 106 valence electrons. The van der Waals surface area contributed by atoms with Gasteiger partial charge in [-0.15, -0.1) is 0 Å². The minimum Gasteiger partial charge on any atom is -0.508 e. The molecule has 3 N–H and O–H groups in total. The van der Waals surface area contributed by atoms with E-state index in [9.17, 15) is 10.2 Å². The van der Waals surface area contributed by atoms with Gasteiger partial charge < -0.3 is 25.0 Å². The highest BCUT2D eigenvalue weighted by atomic mass is 16.7. The summed E-state index contributed by atoms with van der Waals surface area (Å²) in [6, 6.07) is 4.58. The molecule has 1 aliphatic rings. The van der Waals surface area contributed by atoms with Crippen LogP contribution in [0.3, 0.4) is 0 Å². The Balaban J connectivity index is 1.89. The molecule has 0 bridgehead atoms. The molecule has 1 aromatic rings. The Morgan fingerprint density at radius 3 is 2.47 bits per heavy atom. The van der Waals surface area contributed by atoms with Crippen LogP contribution in [0, 0.1) is 0 Å². The lowest BCUT2D eigenvalue weighted by molar-refractivity contribution is -0.137. The molecular formula is C14H21NO4. The number of phenols is 2. The van der Waals surface area contributed by atoms with Crippen LogP contribution >= 0.6 is 0 Å². The highest BCUT2D eigenvalue weighted by Gasteiger charge is 2.32. The standard InChI is InChI=1S/C14H21NO4/c1-9(10-4-11(16)6-12(17)5-10)15-7-13-8-18-14(2,3)19-13/h4-6,9,13,15-17H,7-8H2,1-3H3. The van der Waals surface area contributed by atoms with Gasteiger partial charge in [0.1, 0.15) is 11.5 Å². The van der Waals surface area contributed by atoms with Crippen molar-refractivity contribution in [1.29, 1.82) is 0 Å². The van der Waals surface area contributed by atoms with Gasteiger partial charge in [-0.05, 0) is 38.5 Å². The lowest BCUT2D eigenvalue weighted by Crippen LogP contribution is -2.32. The molecule has 5 heteroatoms. The topological polar surface area (TPSA) is 71.0 Å². The van der Waals surface area contributed by atoms with Crippen molar-refractivity contribution < 1.29 is 19.7 Å². The second-order valence-electron chi connectivity index (χ2n) is 5.36. The molecule has 19 heavy (non-hydrogen) atoms. The van der Waals surface area contributed by atoms with E-state index < -0.39 is 5.79 Å². The maximum Gasteiger partial charge on any atom is 0.163 e. The third-order valence-electron chi connectivity index (χ3n) is 3.14. The lowest BCUT2D eigenvalue weighted by Gasteiger charge is -2.19. The predicted octanol–water partition coefficient (Wildman–Crippen LogP) is 1.90. The van der Waals surface area contributed by atoms with Gasteiger partial charge in [-0.25, -0.2) is 0 Å². The zero-order valence-corrected chi connectivity index (χ0v) is 11.5. The van der Waals surface area contributed by atoms with Crippen molar-refractivity contribution in [3.05, 3.63) is 23.8 Å². The van der Waals surface area contributed by atoms with Crippen molar-refractivity contribution in [2.24, 2.45) is 0 Å². The molecule has 0 aliphatic carbocycles. The third kappa shape index (κ3) is 3.83. The van der Waals surface area contributed by atoms with E-state index in [1.807, 2.05) is 20.8 Å². The minimum atomic E-state index is -0.515. The molecule has 1 saturated heterocycles. The second kappa shape index (κ2) is 5.36. The average molecular weight is 267 g/mol. The summed E-state index contributed by atoms with van der Waals surface area (Å²) in [4.78, 5) is 0. The van der Waals surface area contributed by atoms with Crippen molar-refractivity contribution in [3.63, 3.8) is 0 Å². The van der Waals surface area contributed by atoms with Crippen molar-refractivity contribution in [2.45, 2.75) is 38.7 Å². The van der Waals surface area contributed by atoms with Crippen molar-refractivity contribution in [2.75, 3.05) is 13.2 Å². The molecule has 2 unspecified atom stereocenters. The van der Waals surface area contributed by atoms with Crippen LogP contribution < -0.4 is 5.32 Å². The normalized spacial score (nSPS) is 23.4. The Hall–Kier alpha value is -1.30. The maximum absolute atomic E-state index is 9.46. The number of phenolic OH excluding ortho intramolecular Hbond substituents is 2. The Kier molecular flexibility index (Phi) is 3.99. The first kappa shape index (κ1) is 14.1. The van der Waals surface area contributed by atoms with Crippen LogP contribution in [-0.2, 0) is 9.47 Å². The van der Waals surface area contributed by atoms with Crippen LogP contribution in [-0.4, -0.2) is 35.3 Å². The first-order chi connectivity index (χ1) is 8.85. The predicted molar refractivity (Wildman–Crippen MR) is 71.1 cm³/mol. The van der Waals surface area contributed by atoms with Crippen LogP contribution in [0.5, 0.6) is 11.5 Å². The van der Waals surface area contributed by atoms with Crippen LogP contribution in [0.1, 0.15) is 32.4 Å². The molecular weight excluding hydrogens is 246 g/mol. The highest BCUT2D eigenvalue weighted by molar-refractivity contribution is 5.37. The number of hydrogen-bond acceptors (Lipinski definition) is 5. The fraction of sp³-hybridized carbons (Fsp3) is 0.571. The quantitative estimate of drug-likeness (QED) is 0.777. The van der Waals surface area contributed by atoms with E-state index in [1.165, 1.54) is 6.07 Å². The molecule has 1 aliphatic heterocycles. The first-order valence-corrected chi connectivity index (χ1v) is 6.44. The van der Waals surface area contributed by atoms with Gasteiger partial charge in [0.25, 0.3) is 0 Å². The van der Waals surface area contributed by atoms with Gasteiger partial charge in [0.2, 0.25) is 0 Å². The van der Waals surface area contributed by atoms with E-state index in [1.54, 1.807) is 12.1 Å². The van der Waals surface area contributed by atoms with E-state index in [0.29, 0.717) is 13.2 Å². The van der Waals surface area contributed by atoms with Gasteiger partial charge >= 0.3 is 0 Å². The van der Waals surface area contributed by atoms with Gasteiger partial charge in [0, 0.05) is 18.7 Å². The number of hydrogen-bond donors (Lipinski definition) is 3. The van der Waals surface area contributed by atoms with E-state index in [-0.39, 0.29) is 23.6 Å². The summed E-state index contributed by atoms with van der Waals surface area (Å²) in [6.07, 6.45) is 0.0170. The SMILES string of the molecule is CC(NCC1COC(C)(C)O1)c1cc(O)cc(O)c1. The van der Waals surface area contributed by atoms with Gasteiger partial charge in [0.05, 0.1) is 12.7 Å². The fourth-order valence-electron chi connectivity index (χ4n) is 2.16. The van der Waals surface area contributed by atoms with Gasteiger partial charge in [-0.1, -0.05) is 0 Å². The lowest BCUT2D eigenvalue weighted by atomic mass is 10.1. The van der Waals surface area contributed by atoms with Crippen LogP contribution in [0.2, 0.25) is 0 Å². The zero-order chi connectivity index (χ0) is 14.0. The average Bonchev–Trinajstić information content (AvgIpc) is 2.64. The van der Waals surface area contributed by atoms with Gasteiger partial charge in [-0.3, -0.25) is 0 Å². The number of rotatable bonds is 4. The van der Waals surface area contributed by atoms with Crippen molar-refractivity contribution in [1.82, 2.24) is 5.32 Å². The number of benzene rings is 1. The van der Waals surface area contributed by atoms with E-state index >= 15 is 0 Å². The molecule has 5 nitrogen and oxygen atoms in total. The Labute approximate surface area is 113 Å². The van der Waals surface area contributed by atoms with E-state index in [2.05, 4.69) is 5.32 Å². The third-order valence-corrected chi connectivity index (χ3v) is 3.14. The summed E-state index contributed by atoms with van der Waals surface area (Å²) in [6.45, 7) is 6.97. The number of ether oxygens (including phenoxy) is 2. The van der Waals surface area contributed by atoms with Crippen LogP contribution in [0.25, 0.3) is 0 Å². The highest BCUT2D eigenvalue weighted by Crippen LogP contribution is 2.26. The van der Waals surface area contributed by atoms with Crippen molar-refractivity contribution in [3.8, 4) is 11.5 Å². The molecule has 0 amide bonds. The van der Waals surface area contributed by atoms with E-state index in [0.717, 1.165) is 5.56 Å². The minimum absolute atomic E-state index is 0.00492. The second-order valence-corrected chi connectivity index (χ2v) is 5.36. The fourth-order valence-corrected chi connectivity index (χ4v) is 2.16. The molecule has 0 saturated carbocycles. The molecule has 1 heterocycles. The maximum atomic E-state index is 9.46. The van der Waals surface area contributed by atoms with Gasteiger partial charge in [0.15, 0.2) is 5.79 Å².